The summed E-state index contributed by atoms with van der Waals surface area (Å²) in [5.74, 6) is 0.111. The van der Waals surface area contributed by atoms with E-state index in [1.54, 1.807) is 12.1 Å². The van der Waals surface area contributed by atoms with Crippen LogP contribution in [0, 0.1) is 0 Å². The second kappa shape index (κ2) is 4.78. The summed E-state index contributed by atoms with van der Waals surface area (Å²) >= 11 is 2.97. The van der Waals surface area contributed by atoms with Gasteiger partial charge in [-0.3, -0.25) is 4.79 Å². The fourth-order valence-corrected chi connectivity index (χ4v) is 1.85. The smallest absolute Gasteiger partial charge is 0.194 e. The van der Waals surface area contributed by atoms with Gasteiger partial charge in [-0.2, -0.15) is 0 Å². The Morgan fingerprint density at radius 1 is 1.29 bits per heavy atom. The number of hydrogen-bond donors (Lipinski definition) is 0. The molecule has 0 aliphatic carbocycles. The maximum Gasteiger partial charge on any atom is 0.194 e. The second-order valence-electron chi connectivity index (χ2n) is 3.75. The van der Waals surface area contributed by atoms with Crippen LogP contribution in [0.3, 0.4) is 0 Å². The highest BCUT2D eigenvalue weighted by Gasteiger charge is 2.41. The summed E-state index contributed by atoms with van der Waals surface area (Å²) < 4.78 is 26.4. The average molecular weight is 321 g/mol. The summed E-state index contributed by atoms with van der Waals surface area (Å²) in [6.45, 7) is 1.33. The molecule has 0 N–H and O–H groups in total. The molecule has 4 nitrogen and oxygen atoms in total. The van der Waals surface area contributed by atoms with E-state index in [0.717, 1.165) is 6.26 Å². The first-order valence-corrected chi connectivity index (χ1v) is 7.46. The second-order valence-corrected chi connectivity index (χ2v) is 8.22. The van der Waals surface area contributed by atoms with Gasteiger partial charge in [-0.25, -0.2) is 8.42 Å². The number of rotatable bonds is 4. The van der Waals surface area contributed by atoms with Gasteiger partial charge in [0, 0.05) is 11.8 Å². The zero-order valence-corrected chi connectivity index (χ0v) is 12.1. The zero-order valence-electron chi connectivity index (χ0n) is 9.73. The zero-order chi connectivity index (χ0) is 13.3. The van der Waals surface area contributed by atoms with Gasteiger partial charge in [-0.05, 0) is 31.2 Å². The third-order valence-electron chi connectivity index (χ3n) is 2.45. The molecule has 0 unspecified atom stereocenters. The van der Waals surface area contributed by atoms with Crippen molar-refractivity contribution in [2.45, 2.75) is 10.6 Å². The summed E-state index contributed by atoms with van der Waals surface area (Å²) in [6, 6.07) is 6.29. The van der Waals surface area contributed by atoms with Crippen molar-refractivity contribution in [3.05, 3.63) is 29.8 Å². The van der Waals surface area contributed by atoms with Gasteiger partial charge in [-0.15, -0.1) is 0 Å². The summed E-state index contributed by atoms with van der Waals surface area (Å²) in [5.41, 5.74) is 0.315. The van der Waals surface area contributed by atoms with Crippen LogP contribution in [0.15, 0.2) is 24.3 Å². The van der Waals surface area contributed by atoms with E-state index in [1.807, 2.05) is 0 Å². The summed E-state index contributed by atoms with van der Waals surface area (Å²) in [5, 5.41) is 0. The van der Waals surface area contributed by atoms with E-state index in [-0.39, 0.29) is 0 Å². The van der Waals surface area contributed by atoms with Gasteiger partial charge in [0.05, 0.1) is 7.11 Å². The van der Waals surface area contributed by atoms with Crippen molar-refractivity contribution in [1.82, 2.24) is 0 Å². The van der Waals surface area contributed by atoms with Crippen LogP contribution in [-0.2, 0) is 9.84 Å². The van der Waals surface area contributed by atoms with E-state index >= 15 is 0 Å². The lowest BCUT2D eigenvalue weighted by Gasteiger charge is -2.18. The van der Waals surface area contributed by atoms with Crippen molar-refractivity contribution in [2.24, 2.45) is 0 Å². The van der Waals surface area contributed by atoms with Crippen LogP contribution in [0.2, 0.25) is 0 Å². The van der Waals surface area contributed by atoms with E-state index < -0.39 is 19.3 Å². The molecule has 0 spiro atoms. The van der Waals surface area contributed by atoms with Gasteiger partial charge in [-0.1, -0.05) is 15.9 Å². The Balaban J connectivity index is 3.13. The molecule has 0 saturated carbocycles. The molecule has 0 heterocycles. The molecular formula is C11H13BrO4S. The standard InChI is InChI=1S/C11H13BrO4S/c1-11(12,17(3,14)15)10(13)8-4-6-9(16-2)7-5-8/h4-7H,1-3H3/t11-/m0/s1. The molecule has 94 valence electrons. The number of Topliss-reactive ketones (excluding diaryl/α,β-unsaturated/α-hetero) is 1. The molecule has 0 aliphatic heterocycles. The van der Waals surface area contributed by atoms with Gasteiger partial charge < -0.3 is 4.74 Å². The van der Waals surface area contributed by atoms with E-state index in [0.29, 0.717) is 11.3 Å². The Hall–Kier alpha value is -0.880. The van der Waals surface area contributed by atoms with Crippen molar-refractivity contribution in [1.29, 1.82) is 0 Å². The molecule has 1 atom stereocenters. The van der Waals surface area contributed by atoms with Crippen LogP contribution in [0.5, 0.6) is 5.75 Å². The SMILES string of the molecule is COc1ccc(C(=O)[C@@](C)(Br)S(C)(=O)=O)cc1. The number of carbonyl (C=O) groups excluding carboxylic acids is 1. The van der Waals surface area contributed by atoms with Crippen LogP contribution in [-0.4, -0.2) is 31.2 Å². The lowest BCUT2D eigenvalue weighted by Crippen LogP contribution is -2.36. The largest absolute Gasteiger partial charge is 0.497 e. The number of halogens is 1. The predicted molar refractivity (Wildman–Crippen MR) is 69.5 cm³/mol. The Bertz CT molecular complexity index is 517. The van der Waals surface area contributed by atoms with Crippen molar-refractivity contribution >= 4 is 31.6 Å². The van der Waals surface area contributed by atoms with Gasteiger partial charge in [0.2, 0.25) is 0 Å². The number of hydrogen-bond acceptors (Lipinski definition) is 4. The lowest BCUT2D eigenvalue weighted by molar-refractivity contribution is 0.0983. The quantitative estimate of drug-likeness (QED) is 0.629. The third-order valence-corrected chi connectivity index (χ3v) is 6.16. The minimum atomic E-state index is -3.53. The van der Waals surface area contributed by atoms with Crippen molar-refractivity contribution in [3.63, 3.8) is 0 Å². The normalized spacial score (nSPS) is 15.1. The number of benzene rings is 1. The lowest BCUT2D eigenvalue weighted by atomic mass is 10.1. The number of alkyl halides is 1. The van der Waals surface area contributed by atoms with Crippen LogP contribution in [0.25, 0.3) is 0 Å². The Morgan fingerprint density at radius 2 is 1.76 bits per heavy atom. The molecule has 1 rings (SSSR count). The number of ether oxygens (including phenoxy) is 1. The first-order valence-electron chi connectivity index (χ1n) is 4.77. The molecular weight excluding hydrogens is 308 g/mol. The molecule has 17 heavy (non-hydrogen) atoms. The van der Waals surface area contributed by atoms with Gasteiger partial charge in [0.25, 0.3) is 0 Å². The fraction of sp³-hybridized carbons (Fsp3) is 0.364. The van der Waals surface area contributed by atoms with Crippen molar-refractivity contribution < 1.29 is 17.9 Å². The average Bonchev–Trinajstić information content (AvgIpc) is 2.26. The highest BCUT2D eigenvalue weighted by molar-refractivity contribution is 9.12. The van der Waals surface area contributed by atoms with Gasteiger partial charge >= 0.3 is 0 Å². The first-order chi connectivity index (χ1) is 7.70. The van der Waals surface area contributed by atoms with Gasteiger partial charge in [0.15, 0.2) is 19.3 Å². The van der Waals surface area contributed by atoms with Crippen LogP contribution in [0.4, 0.5) is 0 Å². The molecule has 0 bridgehead atoms. The first kappa shape index (κ1) is 14.2. The Labute approximate surface area is 109 Å². The monoisotopic (exact) mass is 320 g/mol. The molecule has 0 amide bonds. The number of carbonyl (C=O) groups is 1. The minimum absolute atomic E-state index is 0.315. The van der Waals surface area contributed by atoms with Crippen LogP contribution in [0.1, 0.15) is 17.3 Å². The van der Waals surface area contributed by atoms with E-state index in [4.69, 9.17) is 4.74 Å². The molecule has 0 aromatic heterocycles. The van der Waals surface area contributed by atoms with E-state index in [1.165, 1.54) is 26.2 Å². The summed E-state index contributed by atoms with van der Waals surface area (Å²) in [7, 11) is -2.01. The van der Waals surface area contributed by atoms with Crippen molar-refractivity contribution in [3.8, 4) is 5.75 Å². The molecule has 0 saturated heterocycles. The summed E-state index contributed by atoms with van der Waals surface area (Å²) in [6.07, 6.45) is 1.02. The number of methoxy groups -OCH3 is 1. The van der Waals surface area contributed by atoms with Crippen molar-refractivity contribution in [2.75, 3.05) is 13.4 Å². The molecule has 1 aromatic rings. The van der Waals surface area contributed by atoms with E-state index in [2.05, 4.69) is 15.9 Å². The maximum absolute atomic E-state index is 12.0. The summed E-state index contributed by atoms with van der Waals surface area (Å²) in [4.78, 5) is 12.0. The number of sulfone groups is 1. The number of ketones is 1. The third kappa shape index (κ3) is 2.87. The predicted octanol–water partition coefficient (Wildman–Crippen LogP) is 2.03. The molecule has 0 aliphatic rings. The maximum atomic E-state index is 12.0. The van der Waals surface area contributed by atoms with Crippen LogP contribution >= 0.6 is 15.9 Å². The minimum Gasteiger partial charge on any atom is -0.497 e. The molecule has 0 radical (unpaired) electrons. The molecule has 0 fully saturated rings. The highest BCUT2D eigenvalue weighted by Crippen LogP contribution is 2.29. The topological polar surface area (TPSA) is 60.4 Å². The Morgan fingerprint density at radius 3 is 2.12 bits per heavy atom. The van der Waals surface area contributed by atoms with Gasteiger partial charge in [0.1, 0.15) is 5.75 Å². The molecule has 6 heteroatoms. The fourth-order valence-electron chi connectivity index (χ4n) is 1.17. The highest BCUT2D eigenvalue weighted by atomic mass is 79.9. The molecule has 1 aromatic carbocycles. The van der Waals surface area contributed by atoms with E-state index in [9.17, 15) is 13.2 Å². The Kier molecular flexibility index (Phi) is 3.99. The van der Waals surface area contributed by atoms with Crippen LogP contribution < -0.4 is 4.74 Å².